The lowest BCUT2D eigenvalue weighted by molar-refractivity contribution is 0.794. The number of hydrogen-bond acceptors (Lipinski definition) is 4. The minimum atomic E-state index is -0.430. The van der Waals surface area contributed by atoms with Gasteiger partial charge in [-0.2, -0.15) is 0 Å². The Balaban J connectivity index is 0.952. The molecule has 1 spiro atoms. The van der Waals surface area contributed by atoms with Gasteiger partial charge in [0.05, 0.1) is 5.41 Å². The zero-order valence-corrected chi connectivity index (χ0v) is 34.3. The summed E-state index contributed by atoms with van der Waals surface area (Å²) in [6, 6.07) is 76.8. The highest BCUT2D eigenvalue weighted by molar-refractivity contribution is 7.25. The Labute approximate surface area is 363 Å². The molecule has 62 heavy (non-hydrogen) atoms. The van der Waals surface area contributed by atoms with Crippen LogP contribution in [0.3, 0.4) is 0 Å². The summed E-state index contributed by atoms with van der Waals surface area (Å²) in [5.74, 6) is 1.91. The highest BCUT2D eigenvalue weighted by Gasteiger charge is 2.51. The molecule has 0 amide bonds. The van der Waals surface area contributed by atoms with E-state index in [1.165, 1.54) is 70.2 Å². The molecule has 2 aliphatic rings. The Kier molecular flexibility index (Phi) is 7.69. The minimum absolute atomic E-state index is 0.430. The van der Waals surface area contributed by atoms with Crippen LogP contribution in [-0.2, 0) is 5.41 Å². The molecular weight excluding hydrogens is 771 g/mol. The molecule has 3 nitrogen and oxygen atoms in total. The molecule has 4 heteroatoms. The highest BCUT2D eigenvalue weighted by atomic mass is 32.1. The third-order valence-electron chi connectivity index (χ3n) is 13.0. The average molecular weight is 806 g/mol. The summed E-state index contributed by atoms with van der Waals surface area (Å²) in [5.41, 5.74) is 17.4. The Hall–Kier alpha value is -7.79. The van der Waals surface area contributed by atoms with Gasteiger partial charge in [-0.1, -0.05) is 188 Å². The van der Waals surface area contributed by atoms with Crippen LogP contribution >= 0.6 is 11.3 Å². The summed E-state index contributed by atoms with van der Waals surface area (Å²) in [4.78, 5) is 15.6. The topological polar surface area (TPSA) is 38.7 Å². The average Bonchev–Trinajstić information content (AvgIpc) is 3.98. The molecule has 2 aliphatic carbocycles. The third kappa shape index (κ3) is 5.14. The molecule has 0 aliphatic heterocycles. The normalized spacial score (nSPS) is 13.0. The van der Waals surface area contributed by atoms with Crippen molar-refractivity contribution >= 4 is 31.5 Å². The first-order valence-corrected chi connectivity index (χ1v) is 21.9. The summed E-state index contributed by atoms with van der Waals surface area (Å²) in [6.07, 6.45) is 0. The number of rotatable bonds is 5. The van der Waals surface area contributed by atoms with E-state index in [1.54, 1.807) is 0 Å². The summed E-state index contributed by atoms with van der Waals surface area (Å²) in [7, 11) is 0. The maximum atomic E-state index is 5.27. The SMILES string of the molecule is c1ccc(-c2nc(-c3ccc(-c4ccc5sc6ccccc6c5c4)cc3)nc(-c3ccccc3-c3ccc4c(c3)C3(c5ccccc5-c5ccccc53)c3ccccc3-4)n2)cc1. The number of thiophene rings is 1. The maximum absolute atomic E-state index is 5.27. The van der Waals surface area contributed by atoms with E-state index in [0.29, 0.717) is 17.5 Å². The van der Waals surface area contributed by atoms with Gasteiger partial charge < -0.3 is 0 Å². The first-order chi connectivity index (χ1) is 30.7. The van der Waals surface area contributed by atoms with E-state index in [1.807, 2.05) is 29.5 Å². The Morgan fingerprint density at radius 3 is 1.42 bits per heavy atom. The smallest absolute Gasteiger partial charge is 0.164 e. The lowest BCUT2D eigenvalue weighted by Crippen LogP contribution is -2.25. The lowest BCUT2D eigenvalue weighted by Gasteiger charge is -2.30. The van der Waals surface area contributed by atoms with Gasteiger partial charge in [-0.15, -0.1) is 11.3 Å². The van der Waals surface area contributed by atoms with Crippen LogP contribution in [0.15, 0.2) is 212 Å². The molecule has 13 rings (SSSR count). The minimum Gasteiger partial charge on any atom is -0.208 e. The van der Waals surface area contributed by atoms with Crippen LogP contribution in [0, 0.1) is 0 Å². The van der Waals surface area contributed by atoms with Crippen molar-refractivity contribution in [1.29, 1.82) is 0 Å². The third-order valence-corrected chi connectivity index (χ3v) is 14.1. The van der Waals surface area contributed by atoms with Gasteiger partial charge in [-0.3, -0.25) is 0 Å². The molecule has 9 aromatic carbocycles. The molecule has 0 radical (unpaired) electrons. The van der Waals surface area contributed by atoms with Crippen molar-refractivity contribution < 1.29 is 0 Å². The maximum Gasteiger partial charge on any atom is 0.164 e. The van der Waals surface area contributed by atoms with Gasteiger partial charge in [0.15, 0.2) is 17.5 Å². The van der Waals surface area contributed by atoms with Crippen molar-refractivity contribution in [2.24, 2.45) is 0 Å². The van der Waals surface area contributed by atoms with Crippen molar-refractivity contribution in [1.82, 2.24) is 15.0 Å². The van der Waals surface area contributed by atoms with Gasteiger partial charge in [-0.05, 0) is 91.0 Å². The van der Waals surface area contributed by atoms with E-state index in [4.69, 9.17) is 15.0 Å². The number of benzene rings is 9. The molecule has 2 heterocycles. The number of aromatic nitrogens is 3. The van der Waals surface area contributed by atoms with Gasteiger partial charge in [0, 0.05) is 36.9 Å². The predicted molar refractivity (Wildman–Crippen MR) is 256 cm³/mol. The van der Waals surface area contributed by atoms with Crippen LogP contribution in [0.1, 0.15) is 22.3 Å². The van der Waals surface area contributed by atoms with Gasteiger partial charge in [-0.25, -0.2) is 15.0 Å². The second-order valence-corrected chi connectivity index (χ2v) is 17.3. The van der Waals surface area contributed by atoms with Gasteiger partial charge in [0.1, 0.15) is 0 Å². The Morgan fingerprint density at radius 2 is 0.742 bits per heavy atom. The molecule has 0 fully saturated rings. The Morgan fingerprint density at radius 1 is 0.274 bits per heavy atom. The molecule has 11 aromatic rings. The van der Waals surface area contributed by atoms with Crippen LogP contribution in [0.25, 0.3) is 98.8 Å². The largest absolute Gasteiger partial charge is 0.208 e. The van der Waals surface area contributed by atoms with Crippen molar-refractivity contribution in [2.45, 2.75) is 5.41 Å². The standard InChI is InChI=1S/C58H35N3S/c1-2-14-37(15-3-1)55-59-56(38-28-26-36(27-29-38)39-31-33-54-48(34-39)46-20-9-13-25-53(46)62-54)61-57(60-55)47-21-5-4-16-41(47)40-30-32-45-44-19-8-12-24-51(44)58(52(45)35-40)49-22-10-6-17-42(49)43-18-7-11-23-50(43)58/h1-35H. The second-order valence-electron chi connectivity index (χ2n) is 16.3. The number of fused-ring (bicyclic) bond motifs is 13. The van der Waals surface area contributed by atoms with Crippen LogP contribution < -0.4 is 0 Å². The van der Waals surface area contributed by atoms with Crippen LogP contribution in [0.4, 0.5) is 0 Å². The van der Waals surface area contributed by atoms with Gasteiger partial charge >= 0.3 is 0 Å². The zero-order chi connectivity index (χ0) is 40.8. The molecule has 0 unspecified atom stereocenters. The van der Waals surface area contributed by atoms with Crippen molar-refractivity contribution in [3.8, 4) is 78.7 Å². The second kappa shape index (κ2) is 13.6. The quantitative estimate of drug-likeness (QED) is 0.174. The van der Waals surface area contributed by atoms with Crippen LogP contribution in [0.2, 0.25) is 0 Å². The first-order valence-electron chi connectivity index (χ1n) is 21.1. The van der Waals surface area contributed by atoms with Gasteiger partial charge in [0.2, 0.25) is 0 Å². The molecule has 0 N–H and O–H groups in total. The predicted octanol–water partition coefficient (Wildman–Crippen LogP) is 14.9. The van der Waals surface area contributed by atoms with E-state index in [9.17, 15) is 0 Å². The Bertz CT molecular complexity index is 3520. The molecule has 0 atom stereocenters. The molecular formula is C58H35N3S. The lowest BCUT2D eigenvalue weighted by atomic mass is 9.70. The molecule has 0 saturated carbocycles. The van der Waals surface area contributed by atoms with E-state index < -0.39 is 5.41 Å². The van der Waals surface area contributed by atoms with Crippen molar-refractivity contribution in [3.05, 3.63) is 235 Å². The van der Waals surface area contributed by atoms with Crippen molar-refractivity contribution in [3.63, 3.8) is 0 Å². The van der Waals surface area contributed by atoms with Crippen molar-refractivity contribution in [2.75, 3.05) is 0 Å². The highest BCUT2D eigenvalue weighted by Crippen LogP contribution is 2.63. The van der Waals surface area contributed by atoms with Crippen LogP contribution in [-0.4, -0.2) is 15.0 Å². The fraction of sp³-hybridized carbons (Fsp3) is 0.0172. The molecule has 288 valence electrons. The first kappa shape index (κ1) is 35.0. The fourth-order valence-corrected chi connectivity index (χ4v) is 11.3. The van der Waals surface area contributed by atoms with Crippen LogP contribution in [0.5, 0.6) is 0 Å². The summed E-state index contributed by atoms with van der Waals surface area (Å²) in [5, 5.41) is 2.59. The van der Waals surface area contributed by atoms with E-state index in [-0.39, 0.29) is 0 Å². The summed E-state index contributed by atoms with van der Waals surface area (Å²) in [6.45, 7) is 0. The van der Waals surface area contributed by atoms with Gasteiger partial charge in [0.25, 0.3) is 0 Å². The summed E-state index contributed by atoms with van der Waals surface area (Å²) < 4.78 is 2.61. The summed E-state index contributed by atoms with van der Waals surface area (Å²) >= 11 is 1.84. The zero-order valence-electron chi connectivity index (χ0n) is 33.5. The monoisotopic (exact) mass is 805 g/mol. The van der Waals surface area contributed by atoms with E-state index in [2.05, 4.69) is 194 Å². The molecule has 2 aromatic heterocycles. The fourth-order valence-electron chi connectivity index (χ4n) is 10.3. The molecule has 0 bridgehead atoms. The molecule has 0 saturated heterocycles. The van der Waals surface area contributed by atoms with E-state index in [0.717, 1.165) is 33.4 Å². The van der Waals surface area contributed by atoms with E-state index >= 15 is 0 Å². The number of hydrogen-bond donors (Lipinski definition) is 0. The number of nitrogens with zero attached hydrogens (tertiary/aromatic N) is 3.